The summed E-state index contributed by atoms with van der Waals surface area (Å²) in [4.78, 5) is 0. The molecule has 0 unspecified atom stereocenters. The summed E-state index contributed by atoms with van der Waals surface area (Å²) in [6, 6.07) is 23.9. The van der Waals surface area contributed by atoms with Gasteiger partial charge in [0, 0.05) is 0 Å². The number of aryl methyl sites for hydroxylation is 2. The number of rotatable bonds is 5. The molecule has 0 fully saturated rings. The van der Waals surface area contributed by atoms with Crippen LogP contribution in [0.15, 0.2) is 83.0 Å². The highest BCUT2D eigenvalue weighted by molar-refractivity contribution is 5.45. The Hall–Kier alpha value is -2.94. The van der Waals surface area contributed by atoms with Crippen molar-refractivity contribution >= 4 is 11.4 Å². The molecule has 0 bridgehead atoms. The van der Waals surface area contributed by atoms with Crippen molar-refractivity contribution in [3.8, 4) is 5.75 Å². The lowest BCUT2D eigenvalue weighted by atomic mass is 10.1. The average Bonchev–Trinajstić information content (AvgIpc) is 2.59. The zero-order chi connectivity index (χ0) is 16.8. The van der Waals surface area contributed by atoms with Gasteiger partial charge in [0.05, 0.1) is 11.4 Å². The van der Waals surface area contributed by atoms with Gasteiger partial charge < -0.3 is 4.74 Å². The van der Waals surface area contributed by atoms with E-state index in [9.17, 15) is 0 Å². The zero-order valence-corrected chi connectivity index (χ0v) is 13.9. The van der Waals surface area contributed by atoms with Crippen molar-refractivity contribution in [3.63, 3.8) is 0 Å². The van der Waals surface area contributed by atoms with Crippen molar-refractivity contribution < 1.29 is 4.74 Å². The van der Waals surface area contributed by atoms with E-state index in [0.29, 0.717) is 6.61 Å². The molecule has 120 valence electrons. The van der Waals surface area contributed by atoms with Crippen molar-refractivity contribution in [3.05, 3.63) is 89.5 Å². The van der Waals surface area contributed by atoms with Gasteiger partial charge in [-0.3, -0.25) is 0 Å². The quantitative estimate of drug-likeness (QED) is 0.509. The molecule has 0 amide bonds. The summed E-state index contributed by atoms with van der Waals surface area (Å²) >= 11 is 0. The summed E-state index contributed by atoms with van der Waals surface area (Å²) in [6.45, 7) is 4.68. The van der Waals surface area contributed by atoms with E-state index in [0.717, 1.165) is 22.7 Å². The SMILES string of the molecule is Cc1cc(C)cc(N=Nc2ccc(OCc3ccccc3)cc2)c1. The van der Waals surface area contributed by atoms with Gasteiger partial charge >= 0.3 is 0 Å². The first-order chi connectivity index (χ1) is 11.7. The van der Waals surface area contributed by atoms with Crippen LogP contribution in [-0.2, 0) is 6.61 Å². The Morgan fingerprint density at radius 1 is 0.708 bits per heavy atom. The van der Waals surface area contributed by atoms with Crippen LogP contribution < -0.4 is 4.74 Å². The number of benzene rings is 3. The maximum Gasteiger partial charge on any atom is 0.119 e. The second-order valence-corrected chi connectivity index (χ2v) is 5.81. The minimum atomic E-state index is 0.560. The first kappa shape index (κ1) is 15.9. The van der Waals surface area contributed by atoms with Gasteiger partial charge in [0.25, 0.3) is 0 Å². The van der Waals surface area contributed by atoms with Gasteiger partial charge in [-0.15, -0.1) is 0 Å². The molecular formula is C21H20N2O. The lowest BCUT2D eigenvalue weighted by Crippen LogP contribution is -1.94. The highest BCUT2D eigenvalue weighted by Gasteiger charge is 1.97. The van der Waals surface area contributed by atoms with Crippen LogP contribution >= 0.6 is 0 Å². The summed E-state index contributed by atoms with van der Waals surface area (Å²) in [6.07, 6.45) is 0. The minimum Gasteiger partial charge on any atom is -0.489 e. The van der Waals surface area contributed by atoms with Crippen LogP contribution in [0.4, 0.5) is 11.4 Å². The maximum atomic E-state index is 5.77. The molecule has 0 saturated carbocycles. The summed E-state index contributed by atoms with van der Waals surface area (Å²) in [5, 5.41) is 8.59. The second-order valence-electron chi connectivity index (χ2n) is 5.81. The molecule has 0 aromatic heterocycles. The van der Waals surface area contributed by atoms with Crippen molar-refractivity contribution in [1.29, 1.82) is 0 Å². The predicted molar refractivity (Wildman–Crippen MR) is 97.3 cm³/mol. The van der Waals surface area contributed by atoms with Crippen molar-refractivity contribution in [1.82, 2.24) is 0 Å². The van der Waals surface area contributed by atoms with E-state index in [1.54, 1.807) is 0 Å². The van der Waals surface area contributed by atoms with Gasteiger partial charge in [0.2, 0.25) is 0 Å². The van der Waals surface area contributed by atoms with E-state index in [1.165, 1.54) is 11.1 Å². The van der Waals surface area contributed by atoms with Gasteiger partial charge in [-0.05, 0) is 66.9 Å². The summed E-state index contributed by atoms with van der Waals surface area (Å²) < 4.78 is 5.77. The molecule has 0 heterocycles. The molecule has 0 aliphatic carbocycles. The molecule has 0 N–H and O–H groups in total. The number of ether oxygens (including phenoxy) is 1. The first-order valence-corrected chi connectivity index (χ1v) is 7.96. The topological polar surface area (TPSA) is 34.0 Å². The first-order valence-electron chi connectivity index (χ1n) is 7.96. The van der Waals surface area contributed by atoms with Gasteiger partial charge in [-0.1, -0.05) is 36.4 Å². The fourth-order valence-corrected chi connectivity index (χ4v) is 2.47. The fourth-order valence-electron chi connectivity index (χ4n) is 2.47. The van der Waals surface area contributed by atoms with Crippen molar-refractivity contribution in [2.45, 2.75) is 20.5 Å². The normalized spacial score (nSPS) is 10.9. The van der Waals surface area contributed by atoms with E-state index >= 15 is 0 Å². The second kappa shape index (κ2) is 7.55. The largest absolute Gasteiger partial charge is 0.489 e. The van der Waals surface area contributed by atoms with Crippen molar-refractivity contribution in [2.75, 3.05) is 0 Å². The molecule has 0 saturated heterocycles. The van der Waals surface area contributed by atoms with Crippen LogP contribution in [-0.4, -0.2) is 0 Å². The molecule has 0 aliphatic rings. The zero-order valence-electron chi connectivity index (χ0n) is 13.9. The average molecular weight is 316 g/mol. The Balaban J connectivity index is 1.62. The lowest BCUT2D eigenvalue weighted by molar-refractivity contribution is 0.306. The van der Waals surface area contributed by atoms with E-state index in [4.69, 9.17) is 4.74 Å². The molecule has 3 aromatic rings. The third kappa shape index (κ3) is 4.53. The minimum absolute atomic E-state index is 0.560. The van der Waals surface area contributed by atoms with E-state index in [-0.39, 0.29) is 0 Å². The van der Waals surface area contributed by atoms with Crippen LogP contribution in [0.3, 0.4) is 0 Å². The third-order valence-corrected chi connectivity index (χ3v) is 3.57. The summed E-state index contributed by atoms with van der Waals surface area (Å²) in [5.74, 6) is 0.823. The smallest absolute Gasteiger partial charge is 0.119 e. The van der Waals surface area contributed by atoms with Gasteiger partial charge in [0.1, 0.15) is 12.4 Å². The van der Waals surface area contributed by atoms with E-state index in [1.807, 2.05) is 66.7 Å². The van der Waals surface area contributed by atoms with Crippen molar-refractivity contribution in [2.24, 2.45) is 10.2 Å². The monoisotopic (exact) mass is 316 g/mol. The molecule has 0 aliphatic heterocycles. The third-order valence-electron chi connectivity index (χ3n) is 3.57. The molecule has 0 radical (unpaired) electrons. The van der Waals surface area contributed by atoms with Crippen LogP contribution in [0.25, 0.3) is 0 Å². The highest BCUT2D eigenvalue weighted by Crippen LogP contribution is 2.23. The lowest BCUT2D eigenvalue weighted by Gasteiger charge is -2.06. The molecule has 0 atom stereocenters. The Morgan fingerprint density at radius 3 is 2.00 bits per heavy atom. The maximum absolute atomic E-state index is 5.77. The Kier molecular flexibility index (Phi) is 5.02. The van der Waals surface area contributed by atoms with Gasteiger partial charge in [-0.25, -0.2) is 0 Å². The Labute approximate surface area is 142 Å². The molecule has 3 nitrogen and oxygen atoms in total. The fraction of sp³-hybridized carbons (Fsp3) is 0.143. The summed E-state index contributed by atoms with van der Waals surface area (Å²) in [5.41, 5.74) is 5.21. The van der Waals surface area contributed by atoms with E-state index in [2.05, 4.69) is 30.1 Å². The Morgan fingerprint density at radius 2 is 1.33 bits per heavy atom. The highest BCUT2D eigenvalue weighted by atomic mass is 16.5. The predicted octanol–water partition coefficient (Wildman–Crippen LogP) is 6.30. The molecule has 0 spiro atoms. The van der Waals surface area contributed by atoms with Gasteiger partial charge in [0.15, 0.2) is 0 Å². The van der Waals surface area contributed by atoms with Crippen LogP contribution in [0.1, 0.15) is 16.7 Å². The Bertz CT molecular complexity index is 804. The summed E-state index contributed by atoms with van der Waals surface area (Å²) in [7, 11) is 0. The standard InChI is InChI=1S/C21H20N2O/c1-16-12-17(2)14-20(13-16)23-22-19-8-10-21(11-9-19)24-15-18-6-4-3-5-7-18/h3-14H,15H2,1-2H3. The number of azo groups is 1. The molecule has 3 aromatic carbocycles. The number of hydrogen-bond donors (Lipinski definition) is 0. The number of hydrogen-bond acceptors (Lipinski definition) is 3. The van der Waals surface area contributed by atoms with Gasteiger partial charge in [-0.2, -0.15) is 10.2 Å². The number of nitrogens with zero attached hydrogens (tertiary/aromatic N) is 2. The van der Waals surface area contributed by atoms with Crippen LogP contribution in [0.5, 0.6) is 5.75 Å². The molecule has 24 heavy (non-hydrogen) atoms. The van der Waals surface area contributed by atoms with Crippen LogP contribution in [0, 0.1) is 13.8 Å². The molecule has 3 heteroatoms. The van der Waals surface area contributed by atoms with E-state index < -0.39 is 0 Å². The molecule has 3 rings (SSSR count). The molecular weight excluding hydrogens is 296 g/mol. The van der Waals surface area contributed by atoms with Crippen LogP contribution in [0.2, 0.25) is 0 Å².